The molecule has 0 aliphatic heterocycles. The highest BCUT2D eigenvalue weighted by molar-refractivity contribution is 5.78. The topological polar surface area (TPSA) is 41.1 Å². The molecule has 0 radical (unpaired) electrons. The molecule has 2 atom stereocenters. The van der Waals surface area contributed by atoms with Crippen molar-refractivity contribution in [1.82, 2.24) is 10.6 Å². The zero-order valence-electron chi connectivity index (χ0n) is 8.60. The van der Waals surface area contributed by atoms with Gasteiger partial charge in [0.25, 0.3) is 0 Å². The molecule has 0 bridgehead atoms. The highest BCUT2D eigenvalue weighted by atomic mass is 16.1. The first-order chi connectivity index (χ1) is 6.24. The van der Waals surface area contributed by atoms with Gasteiger partial charge in [-0.05, 0) is 18.8 Å². The molecule has 1 fully saturated rings. The molecule has 0 aromatic heterocycles. The minimum absolute atomic E-state index is 0.132. The van der Waals surface area contributed by atoms with Gasteiger partial charge in [0, 0.05) is 12.6 Å². The van der Waals surface area contributed by atoms with Gasteiger partial charge in [-0.3, -0.25) is 4.79 Å². The highest BCUT2D eigenvalue weighted by Gasteiger charge is 2.31. The summed E-state index contributed by atoms with van der Waals surface area (Å²) in [6, 6.07) is 0.594. The molecule has 2 N–H and O–H groups in total. The van der Waals surface area contributed by atoms with Crippen LogP contribution >= 0.6 is 0 Å². The predicted octanol–water partition coefficient (Wildman–Crippen LogP) is 0.901. The number of amides is 1. The number of unbranched alkanes of at least 4 members (excludes halogenated alkanes) is 1. The number of carbonyl (C=O) groups excluding carboxylic acids is 1. The second-order valence-corrected chi connectivity index (χ2v) is 3.90. The van der Waals surface area contributed by atoms with Gasteiger partial charge in [-0.2, -0.15) is 0 Å². The van der Waals surface area contributed by atoms with Gasteiger partial charge in [-0.25, -0.2) is 0 Å². The average molecular weight is 184 g/mol. The normalized spacial score (nSPS) is 25.7. The van der Waals surface area contributed by atoms with Crippen LogP contribution in [0.15, 0.2) is 0 Å². The molecule has 2 unspecified atom stereocenters. The molecular formula is C10H20N2O. The lowest BCUT2D eigenvalue weighted by atomic mass is 10.3. The second kappa shape index (κ2) is 5.22. The maximum atomic E-state index is 11.2. The van der Waals surface area contributed by atoms with Crippen molar-refractivity contribution in [3.8, 4) is 0 Å². The minimum atomic E-state index is 0.132. The van der Waals surface area contributed by atoms with Crippen LogP contribution in [0.5, 0.6) is 0 Å². The summed E-state index contributed by atoms with van der Waals surface area (Å²) >= 11 is 0. The molecule has 0 spiro atoms. The van der Waals surface area contributed by atoms with Gasteiger partial charge in [0.1, 0.15) is 0 Å². The molecule has 76 valence electrons. The molecular weight excluding hydrogens is 164 g/mol. The van der Waals surface area contributed by atoms with Gasteiger partial charge in [-0.1, -0.05) is 20.3 Å². The third-order valence-corrected chi connectivity index (χ3v) is 2.49. The van der Waals surface area contributed by atoms with Crippen LogP contribution in [0, 0.1) is 5.92 Å². The lowest BCUT2D eigenvalue weighted by molar-refractivity contribution is -0.120. The van der Waals surface area contributed by atoms with E-state index in [4.69, 9.17) is 0 Å². The fourth-order valence-electron chi connectivity index (χ4n) is 1.30. The largest absolute Gasteiger partial charge is 0.355 e. The summed E-state index contributed by atoms with van der Waals surface area (Å²) in [6.45, 7) is 5.62. The molecule has 3 heteroatoms. The monoisotopic (exact) mass is 184 g/mol. The molecule has 13 heavy (non-hydrogen) atoms. The van der Waals surface area contributed by atoms with Gasteiger partial charge in [0.15, 0.2) is 0 Å². The molecule has 1 amide bonds. The van der Waals surface area contributed by atoms with E-state index in [2.05, 4.69) is 24.5 Å². The van der Waals surface area contributed by atoms with Crippen LogP contribution in [-0.2, 0) is 4.79 Å². The fourth-order valence-corrected chi connectivity index (χ4v) is 1.30. The van der Waals surface area contributed by atoms with E-state index >= 15 is 0 Å². The molecule has 0 aromatic carbocycles. The van der Waals surface area contributed by atoms with Gasteiger partial charge >= 0.3 is 0 Å². The van der Waals surface area contributed by atoms with E-state index in [1.54, 1.807) is 0 Å². The van der Waals surface area contributed by atoms with Crippen molar-refractivity contribution < 1.29 is 4.79 Å². The summed E-state index contributed by atoms with van der Waals surface area (Å²) in [6.07, 6.45) is 3.43. The Kier molecular flexibility index (Phi) is 4.22. The Morgan fingerprint density at radius 3 is 2.77 bits per heavy atom. The number of carbonyl (C=O) groups is 1. The van der Waals surface area contributed by atoms with Gasteiger partial charge in [0.2, 0.25) is 5.91 Å². The van der Waals surface area contributed by atoms with Gasteiger partial charge in [0.05, 0.1) is 6.54 Å². The van der Waals surface area contributed by atoms with E-state index in [-0.39, 0.29) is 5.91 Å². The Balaban J connectivity index is 1.92. The van der Waals surface area contributed by atoms with Crippen LogP contribution in [0.2, 0.25) is 0 Å². The summed E-state index contributed by atoms with van der Waals surface area (Å²) in [7, 11) is 0. The predicted molar refractivity (Wildman–Crippen MR) is 53.5 cm³/mol. The first-order valence-corrected chi connectivity index (χ1v) is 5.24. The van der Waals surface area contributed by atoms with Gasteiger partial charge < -0.3 is 10.6 Å². The Bertz CT molecular complexity index is 170. The standard InChI is InChI=1S/C10H20N2O/c1-3-4-5-11-10(13)7-12-9-6-8(9)2/h8-9,12H,3-7H2,1-2H3,(H,11,13). The second-order valence-electron chi connectivity index (χ2n) is 3.90. The van der Waals surface area contributed by atoms with Crippen molar-refractivity contribution >= 4 is 5.91 Å². The average Bonchev–Trinajstić information content (AvgIpc) is 2.79. The van der Waals surface area contributed by atoms with E-state index in [0.717, 1.165) is 25.3 Å². The first-order valence-electron chi connectivity index (χ1n) is 5.24. The third-order valence-electron chi connectivity index (χ3n) is 2.49. The quantitative estimate of drug-likeness (QED) is 0.602. The van der Waals surface area contributed by atoms with Gasteiger partial charge in [-0.15, -0.1) is 0 Å². The van der Waals surface area contributed by atoms with Crippen molar-refractivity contribution in [2.45, 2.75) is 39.2 Å². The van der Waals surface area contributed by atoms with Crippen LogP contribution in [0.3, 0.4) is 0 Å². The summed E-state index contributed by atoms with van der Waals surface area (Å²) in [5.74, 6) is 0.899. The van der Waals surface area contributed by atoms with Crippen LogP contribution in [0.25, 0.3) is 0 Å². The van der Waals surface area contributed by atoms with E-state index in [1.165, 1.54) is 6.42 Å². The third kappa shape index (κ3) is 4.27. The number of hydrogen-bond acceptors (Lipinski definition) is 2. The zero-order chi connectivity index (χ0) is 9.68. The number of hydrogen-bond donors (Lipinski definition) is 2. The van der Waals surface area contributed by atoms with Crippen molar-refractivity contribution in [2.75, 3.05) is 13.1 Å². The molecule has 0 aromatic rings. The Morgan fingerprint density at radius 1 is 1.54 bits per heavy atom. The van der Waals surface area contributed by atoms with Crippen molar-refractivity contribution in [3.05, 3.63) is 0 Å². The Morgan fingerprint density at radius 2 is 2.23 bits per heavy atom. The lowest BCUT2D eigenvalue weighted by Crippen LogP contribution is -2.35. The smallest absolute Gasteiger partial charge is 0.233 e. The molecule has 0 saturated heterocycles. The van der Waals surface area contributed by atoms with E-state index in [0.29, 0.717) is 12.6 Å². The van der Waals surface area contributed by atoms with Crippen LogP contribution in [0.1, 0.15) is 33.1 Å². The summed E-state index contributed by atoms with van der Waals surface area (Å²) < 4.78 is 0. The van der Waals surface area contributed by atoms with Crippen LogP contribution < -0.4 is 10.6 Å². The SMILES string of the molecule is CCCCNC(=O)CNC1CC1C. The Hall–Kier alpha value is -0.570. The number of nitrogens with one attached hydrogen (secondary N) is 2. The fraction of sp³-hybridized carbons (Fsp3) is 0.900. The summed E-state index contributed by atoms with van der Waals surface area (Å²) in [4.78, 5) is 11.2. The molecule has 3 nitrogen and oxygen atoms in total. The first kappa shape index (κ1) is 10.5. The van der Waals surface area contributed by atoms with E-state index in [9.17, 15) is 4.79 Å². The van der Waals surface area contributed by atoms with Crippen LogP contribution in [0.4, 0.5) is 0 Å². The maximum absolute atomic E-state index is 11.2. The molecule has 1 aliphatic rings. The van der Waals surface area contributed by atoms with Crippen LogP contribution in [-0.4, -0.2) is 25.0 Å². The molecule has 0 heterocycles. The number of rotatable bonds is 6. The van der Waals surface area contributed by atoms with Crippen molar-refractivity contribution in [1.29, 1.82) is 0 Å². The lowest BCUT2D eigenvalue weighted by Gasteiger charge is -2.04. The summed E-state index contributed by atoms with van der Waals surface area (Å²) in [5, 5.41) is 6.10. The molecule has 1 rings (SSSR count). The molecule has 1 aliphatic carbocycles. The maximum Gasteiger partial charge on any atom is 0.233 e. The Labute approximate surface area is 80.3 Å². The molecule has 1 saturated carbocycles. The van der Waals surface area contributed by atoms with Crippen molar-refractivity contribution in [3.63, 3.8) is 0 Å². The minimum Gasteiger partial charge on any atom is -0.355 e. The van der Waals surface area contributed by atoms with E-state index < -0.39 is 0 Å². The zero-order valence-corrected chi connectivity index (χ0v) is 8.60. The van der Waals surface area contributed by atoms with Crippen molar-refractivity contribution in [2.24, 2.45) is 5.92 Å². The van der Waals surface area contributed by atoms with E-state index in [1.807, 2.05) is 0 Å². The summed E-state index contributed by atoms with van der Waals surface area (Å²) in [5.41, 5.74) is 0. The highest BCUT2D eigenvalue weighted by Crippen LogP contribution is 2.28.